The van der Waals surface area contributed by atoms with E-state index in [1.54, 1.807) is 11.8 Å². The zero-order valence-corrected chi connectivity index (χ0v) is 21.3. The van der Waals surface area contributed by atoms with Crippen LogP contribution in [0.2, 0.25) is 0 Å². The number of H-pyrrole nitrogens is 1. The second-order valence-electron chi connectivity index (χ2n) is 9.90. The Bertz CT molecular complexity index is 1370. The Hall–Kier alpha value is -3.36. The smallest absolute Gasteiger partial charge is 0.253 e. The van der Waals surface area contributed by atoms with Crippen molar-refractivity contribution in [3.8, 4) is 0 Å². The number of aryl methyl sites for hydroxylation is 2. The normalized spacial score (nSPS) is 16.0. The fraction of sp³-hybridized carbons (Fsp3) is 0.429. The molecule has 2 aromatic heterocycles. The third kappa shape index (κ3) is 5.10. The maximum atomic E-state index is 13.5. The number of pyridine rings is 1. The first-order chi connectivity index (χ1) is 17.5. The molecule has 0 aliphatic carbocycles. The molecule has 0 radical (unpaired) electrons. The molecule has 2 aromatic carbocycles. The van der Waals surface area contributed by atoms with Gasteiger partial charge in [-0.3, -0.25) is 9.69 Å². The number of nitrogens with one attached hydrogen (secondary N) is 1. The third-order valence-electron chi connectivity index (χ3n) is 7.47. The number of aromatic amines is 1. The van der Waals surface area contributed by atoms with E-state index in [-0.39, 0.29) is 11.6 Å². The first-order valence-electron chi connectivity index (χ1n) is 12.7. The Morgan fingerprint density at radius 3 is 2.58 bits per heavy atom. The highest BCUT2D eigenvalue weighted by atomic mass is 16.5. The van der Waals surface area contributed by atoms with Crippen LogP contribution >= 0.6 is 0 Å². The van der Waals surface area contributed by atoms with E-state index in [0.29, 0.717) is 30.5 Å². The summed E-state index contributed by atoms with van der Waals surface area (Å²) in [5, 5.41) is 13.6. The Morgan fingerprint density at radius 2 is 1.83 bits per heavy atom. The van der Waals surface area contributed by atoms with Gasteiger partial charge in [0.1, 0.15) is 6.04 Å². The van der Waals surface area contributed by atoms with Gasteiger partial charge in [-0.2, -0.15) is 0 Å². The monoisotopic (exact) mass is 486 g/mol. The molecule has 0 spiro atoms. The summed E-state index contributed by atoms with van der Waals surface area (Å²) in [6, 6.07) is 16.6. The van der Waals surface area contributed by atoms with Crippen molar-refractivity contribution in [1.29, 1.82) is 0 Å². The number of ether oxygens (including phenoxy) is 1. The molecule has 8 nitrogen and oxygen atoms in total. The van der Waals surface area contributed by atoms with Crippen molar-refractivity contribution < 1.29 is 4.74 Å². The lowest BCUT2D eigenvalue weighted by Gasteiger charge is -2.37. The number of aromatic nitrogens is 5. The molecule has 4 aromatic rings. The van der Waals surface area contributed by atoms with Crippen LogP contribution in [0.3, 0.4) is 0 Å². The van der Waals surface area contributed by atoms with E-state index in [4.69, 9.17) is 4.74 Å². The highest BCUT2D eigenvalue weighted by Crippen LogP contribution is 2.32. The SMILES string of the molecule is COCCn1nnnc1[C@H](c1cc2cc(C)c(C)cc2[nH]c1=O)N1CCC(Cc2ccccc2)CC1. The molecule has 1 atom stereocenters. The van der Waals surface area contributed by atoms with Crippen molar-refractivity contribution in [2.45, 2.75) is 45.7 Å². The molecule has 0 bridgehead atoms. The number of fused-ring (bicyclic) bond motifs is 1. The molecule has 0 unspecified atom stereocenters. The second-order valence-corrected chi connectivity index (χ2v) is 9.90. The van der Waals surface area contributed by atoms with E-state index < -0.39 is 0 Å². The zero-order valence-electron chi connectivity index (χ0n) is 21.3. The van der Waals surface area contributed by atoms with Gasteiger partial charge in [0.25, 0.3) is 5.56 Å². The molecule has 1 fully saturated rings. The van der Waals surface area contributed by atoms with Crippen LogP contribution in [0.15, 0.2) is 53.3 Å². The average molecular weight is 487 g/mol. The van der Waals surface area contributed by atoms with Crippen LogP contribution in [0.25, 0.3) is 10.9 Å². The van der Waals surface area contributed by atoms with Crippen molar-refractivity contribution >= 4 is 10.9 Å². The maximum absolute atomic E-state index is 13.5. The Kier molecular flexibility index (Phi) is 7.25. The minimum Gasteiger partial charge on any atom is -0.383 e. The highest BCUT2D eigenvalue weighted by Gasteiger charge is 2.33. The van der Waals surface area contributed by atoms with Crippen LogP contribution < -0.4 is 5.56 Å². The molecule has 1 aliphatic rings. The Balaban J connectivity index is 1.49. The van der Waals surface area contributed by atoms with E-state index >= 15 is 0 Å². The van der Waals surface area contributed by atoms with Crippen LogP contribution in [0.4, 0.5) is 0 Å². The van der Waals surface area contributed by atoms with Gasteiger partial charge in [0, 0.05) is 18.2 Å². The molecule has 5 rings (SSSR count). The highest BCUT2D eigenvalue weighted by molar-refractivity contribution is 5.81. The molecular formula is C28H34N6O2. The molecule has 188 valence electrons. The number of rotatable bonds is 8. The van der Waals surface area contributed by atoms with Crippen molar-refractivity contribution in [3.05, 3.63) is 87.0 Å². The van der Waals surface area contributed by atoms with Gasteiger partial charge < -0.3 is 9.72 Å². The minimum absolute atomic E-state index is 0.0940. The van der Waals surface area contributed by atoms with Gasteiger partial charge in [0.05, 0.1) is 13.2 Å². The van der Waals surface area contributed by atoms with Gasteiger partial charge in [-0.15, -0.1) is 5.10 Å². The van der Waals surface area contributed by atoms with Crippen LogP contribution in [-0.2, 0) is 17.7 Å². The number of likely N-dealkylation sites (tertiary alicyclic amines) is 1. The summed E-state index contributed by atoms with van der Waals surface area (Å²) in [6.07, 6.45) is 3.21. The van der Waals surface area contributed by atoms with E-state index in [1.165, 1.54) is 11.1 Å². The van der Waals surface area contributed by atoms with E-state index in [1.807, 2.05) is 12.1 Å². The average Bonchev–Trinajstić information content (AvgIpc) is 3.34. The maximum Gasteiger partial charge on any atom is 0.253 e. The number of methoxy groups -OCH3 is 1. The zero-order chi connectivity index (χ0) is 25.1. The largest absolute Gasteiger partial charge is 0.383 e. The third-order valence-corrected chi connectivity index (χ3v) is 7.47. The molecule has 3 heterocycles. The van der Waals surface area contributed by atoms with Crippen molar-refractivity contribution in [2.24, 2.45) is 5.92 Å². The minimum atomic E-state index is -0.329. The molecule has 1 aliphatic heterocycles. The Morgan fingerprint density at radius 1 is 1.08 bits per heavy atom. The lowest BCUT2D eigenvalue weighted by atomic mass is 9.89. The molecule has 36 heavy (non-hydrogen) atoms. The topological polar surface area (TPSA) is 88.9 Å². The number of hydrogen-bond acceptors (Lipinski definition) is 6. The lowest BCUT2D eigenvalue weighted by Crippen LogP contribution is -2.41. The van der Waals surface area contributed by atoms with Crippen LogP contribution in [0.5, 0.6) is 0 Å². The fourth-order valence-electron chi connectivity index (χ4n) is 5.30. The summed E-state index contributed by atoms with van der Waals surface area (Å²) < 4.78 is 7.05. The predicted octanol–water partition coefficient (Wildman–Crippen LogP) is 3.82. The van der Waals surface area contributed by atoms with E-state index in [0.717, 1.165) is 48.8 Å². The summed E-state index contributed by atoms with van der Waals surface area (Å²) in [6.45, 7) is 6.95. The molecule has 8 heteroatoms. The summed E-state index contributed by atoms with van der Waals surface area (Å²) in [7, 11) is 1.66. The van der Waals surface area contributed by atoms with E-state index in [2.05, 4.69) is 75.7 Å². The van der Waals surface area contributed by atoms with Crippen molar-refractivity contribution in [1.82, 2.24) is 30.1 Å². The van der Waals surface area contributed by atoms with E-state index in [9.17, 15) is 4.79 Å². The summed E-state index contributed by atoms with van der Waals surface area (Å²) in [5.41, 5.74) is 5.18. The molecule has 1 saturated heterocycles. The first-order valence-corrected chi connectivity index (χ1v) is 12.7. The van der Waals surface area contributed by atoms with Gasteiger partial charge in [-0.25, -0.2) is 4.68 Å². The first kappa shape index (κ1) is 24.3. The number of tetrazole rings is 1. The van der Waals surface area contributed by atoms with Gasteiger partial charge in [0.2, 0.25) is 0 Å². The Labute approximate surface area is 211 Å². The van der Waals surface area contributed by atoms with Crippen molar-refractivity contribution in [3.63, 3.8) is 0 Å². The molecule has 1 N–H and O–H groups in total. The van der Waals surface area contributed by atoms with Crippen LogP contribution in [0.1, 0.15) is 47.0 Å². The van der Waals surface area contributed by atoms with Crippen LogP contribution in [-0.4, -0.2) is 56.9 Å². The fourth-order valence-corrected chi connectivity index (χ4v) is 5.30. The number of piperidine rings is 1. The molecule has 0 amide bonds. The number of nitrogens with zero attached hydrogens (tertiary/aromatic N) is 5. The number of hydrogen-bond donors (Lipinski definition) is 1. The summed E-state index contributed by atoms with van der Waals surface area (Å²) >= 11 is 0. The lowest BCUT2D eigenvalue weighted by molar-refractivity contribution is 0.138. The van der Waals surface area contributed by atoms with Gasteiger partial charge in [-0.05, 0) is 103 Å². The quantitative estimate of drug-likeness (QED) is 0.407. The summed E-state index contributed by atoms with van der Waals surface area (Å²) in [5.74, 6) is 1.30. The number of benzene rings is 2. The van der Waals surface area contributed by atoms with Gasteiger partial charge in [-0.1, -0.05) is 30.3 Å². The summed E-state index contributed by atoms with van der Waals surface area (Å²) in [4.78, 5) is 19.0. The van der Waals surface area contributed by atoms with Crippen LogP contribution in [0, 0.1) is 19.8 Å². The second kappa shape index (κ2) is 10.7. The van der Waals surface area contributed by atoms with Gasteiger partial charge >= 0.3 is 0 Å². The molecule has 0 saturated carbocycles. The molecular weight excluding hydrogens is 452 g/mol. The standard InChI is InChI=1S/C28H34N6O2/c1-19-15-23-18-24(28(35)29-25(23)16-20(19)2)26(27-30-31-32-34(27)13-14-36-3)33-11-9-22(10-12-33)17-21-7-5-4-6-8-21/h4-8,15-16,18,22,26H,9-14,17H2,1-3H3,(H,29,35)/t26-/m0/s1. The van der Waals surface area contributed by atoms with Crippen molar-refractivity contribution in [2.75, 3.05) is 26.8 Å². The van der Waals surface area contributed by atoms with Gasteiger partial charge in [0.15, 0.2) is 5.82 Å². The predicted molar refractivity (Wildman–Crippen MR) is 140 cm³/mol.